The Balaban J connectivity index is 1.89. The largest absolute Gasteiger partial charge is 0.383 e. The third-order valence-electron chi connectivity index (χ3n) is 5.13. The quantitative estimate of drug-likeness (QED) is 0.922. The van der Waals surface area contributed by atoms with Crippen LogP contribution in [0.4, 0.5) is 11.6 Å². The molecule has 2 aliphatic heterocycles. The van der Waals surface area contributed by atoms with Gasteiger partial charge in [0, 0.05) is 37.2 Å². The summed E-state index contributed by atoms with van der Waals surface area (Å²) in [6.07, 6.45) is 5.83. The van der Waals surface area contributed by atoms with E-state index < -0.39 is 0 Å². The highest BCUT2D eigenvalue weighted by molar-refractivity contribution is 5.56. The zero-order valence-electron chi connectivity index (χ0n) is 13.5. The van der Waals surface area contributed by atoms with Crippen LogP contribution >= 0.6 is 0 Å². The third-order valence-corrected chi connectivity index (χ3v) is 5.13. The molecule has 21 heavy (non-hydrogen) atoms. The van der Waals surface area contributed by atoms with E-state index in [9.17, 15) is 0 Å². The molecule has 2 aliphatic rings. The van der Waals surface area contributed by atoms with Gasteiger partial charge in [-0.1, -0.05) is 6.92 Å². The van der Waals surface area contributed by atoms with Crippen LogP contribution in [0.25, 0.3) is 0 Å². The van der Waals surface area contributed by atoms with Gasteiger partial charge in [-0.2, -0.15) is 0 Å². The van der Waals surface area contributed by atoms with Gasteiger partial charge in [0.05, 0.1) is 0 Å². The number of anilines is 2. The first-order valence-electron chi connectivity index (χ1n) is 8.20. The second-order valence-corrected chi connectivity index (χ2v) is 6.51. The lowest BCUT2D eigenvalue weighted by Crippen LogP contribution is -2.37. The number of rotatable bonds is 3. The molecule has 2 bridgehead atoms. The standard InChI is InChI=1S/C16H27N5/c1-4-5-14-18-15(17)11(2)16(19-14)21-9-8-12-6-7-13(10-21)20(12)3/h12-13H,4-10H2,1-3H3,(H2,17,18,19). The van der Waals surface area contributed by atoms with E-state index in [1.807, 2.05) is 6.92 Å². The molecule has 1 aromatic rings. The van der Waals surface area contributed by atoms with Crippen LogP contribution < -0.4 is 10.6 Å². The molecule has 0 amide bonds. The molecule has 1 aromatic heterocycles. The van der Waals surface area contributed by atoms with Crippen molar-refractivity contribution in [3.8, 4) is 0 Å². The molecular formula is C16H27N5. The van der Waals surface area contributed by atoms with E-state index in [2.05, 4.69) is 28.8 Å². The van der Waals surface area contributed by atoms with Crippen molar-refractivity contribution in [3.05, 3.63) is 11.4 Å². The van der Waals surface area contributed by atoms with E-state index in [0.717, 1.165) is 49.2 Å². The van der Waals surface area contributed by atoms with Gasteiger partial charge in [-0.3, -0.25) is 4.90 Å². The van der Waals surface area contributed by atoms with Crippen LogP contribution in [0, 0.1) is 6.92 Å². The van der Waals surface area contributed by atoms with Gasteiger partial charge in [-0.15, -0.1) is 0 Å². The predicted molar refractivity (Wildman–Crippen MR) is 86.6 cm³/mol. The Morgan fingerprint density at radius 3 is 2.71 bits per heavy atom. The van der Waals surface area contributed by atoms with E-state index in [0.29, 0.717) is 11.9 Å². The minimum atomic E-state index is 0.645. The highest BCUT2D eigenvalue weighted by Gasteiger charge is 2.35. The molecule has 3 heterocycles. The van der Waals surface area contributed by atoms with Gasteiger partial charge in [0.2, 0.25) is 0 Å². The topological polar surface area (TPSA) is 58.3 Å². The van der Waals surface area contributed by atoms with Crippen LogP contribution in [-0.4, -0.2) is 47.1 Å². The minimum absolute atomic E-state index is 0.645. The molecule has 5 nitrogen and oxygen atoms in total. The van der Waals surface area contributed by atoms with Gasteiger partial charge in [0.25, 0.3) is 0 Å². The van der Waals surface area contributed by atoms with E-state index in [1.165, 1.54) is 19.3 Å². The summed E-state index contributed by atoms with van der Waals surface area (Å²) in [6, 6.07) is 1.40. The second-order valence-electron chi connectivity index (χ2n) is 6.51. The molecular weight excluding hydrogens is 262 g/mol. The summed E-state index contributed by atoms with van der Waals surface area (Å²) in [5.74, 6) is 2.59. The van der Waals surface area contributed by atoms with Crippen LogP contribution in [0.2, 0.25) is 0 Å². The van der Waals surface area contributed by atoms with Gasteiger partial charge >= 0.3 is 0 Å². The number of nitrogens with zero attached hydrogens (tertiary/aromatic N) is 4. The molecule has 116 valence electrons. The Morgan fingerprint density at radius 1 is 1.19 bits per heavy atom. The van der Waals surface area contributed by atoms with Gasteiger partial charge in [-0.25, -0.2) is 9.97 Å². The van der Waals surface area contributed by atoms with Gasteiger partial charge in [0.15, 0.2) is 0 Å². The fourth-order valence-electron chi connectivity index (χ4n) is 3.71. The van der Waals surface area contributed by atoms with Gasteiger partial charge in [-0.05, 0) is 39.7 Å². The Kier molecular flexibility index (Phi) is 4.02. The lowest BCUT2D eigenvalue weighted by molar-refractivity contribution is 0.254. The lowest BCUT2D eigenvalue weighted by atomic mass is 10.1. The number of nitrogen functional groups attached to an aromatic ring is 1. The highest BCUT2D eigenvalue weighted by atomic mass is 15.3. The van der Waals surface area contributed by atoms with Crippen molar-refractivity contribution < 1.29 is 0 Å². The van der Waals surface area contributed by atoms with E-state index in [1.54, 1.807) is 0 Å². The first kappa shape index (κ1) is 14.6. The molecule has 2 atom stereocenters. The van der Waals surface area contributed by atoms with E-state index in [-0.39, 0.29) is 0 Å². The van der Waals surface area contributed by atoms with Crippen LogP contribution in [0.15, 0.2) is 0 Å². The summed E-state index contributed by atoms with van der Waals surface area (Å²) in [4.78, 5) is 14.2. The SMILES string of the molecule is CCCc1nc(N)c(C)c(N2CCC3CCC(C2)N3C)n1. The number of aromatic nitrogens is 2. The molecule has 0 spiro atoms. The maximum atomic E-state index is 6.11. The molecule has 3 rings (SSSR count). The highest BCUT2D eigenvalue weighted by Crippen LogP contribution is 2.32. The molecule has 2 fully saturated rings. The van der Waals surface area contributed by atoms with Crippen LogP contribution in [-0.2, 0) is 6.42 Å². The number of hydrogen-bond acceptors (Lipinski definition) is 5. The first-order chi connectivity index (χ1) is 10.1. The lowest BCUT2D eigenvalue weighted by Gasteiger charge is -2.28. The normalized spacial score (nSPS) is 26.1. The predicted octanol–water partition coefficient (Wildman–Crippen LogP) is 1.99. The molecule has 2 saturated heterocycles. The molecule has 0 aliphatic carbocycles. The molecule has 0 aromatic carbocycles. The maximum Gasteiger partial charge on any atom is 0.137 e. The summed E-state index contributed by atoms with van der Waals surface area (Å²) >= 11 is 0. The maximum absolute atomic E-state index is 6.11. The fourth-order valence-corrected chi connectivity index (χ4v) is 3.71. The van der Waals surface area contributed by atoms with Crippen molar-refractivity contribution in [1.82, 2.24) is 14.9 Å². The Morgan fingerprint density at radius 2 is 1.95 bits per heavy atom. The summed E-state index contributed by atoms with van der Waals surface area (Å²) in [6.45, 7) is 6.34. The molecule has 0 radical (unpaired) electrons. The van der Waals surface area contributed by atoms with Crippen molar-refractivity contribution in [3.63, 3.8) is 0 Å². The monoisotopic (exact) mass is 289 g/mol. The smallest absolute Gasteiger partial charge is 0.137 e. The summed E-state index contributed by atoms with van der Waals surface area (Å²) in [7, 11) is 2.27. The number of hydrogen-bond donors (Lipinski definition) is 1. The average Bonchev–Trinajstić information content (AvgIpc) is 2.68. The molecule has 2 N–H and O–H groups in total. The Hall–Kier alpha value is -1.36. The molecule has 0 saturated carbocycles. The second kappa shape index (κ2) is 5.79. The fraction of sp³-hybridized carbons (Fsp3) is 0.750. The Bertz CT molecular complexity index is 516. The van der Waals surface area contributed by atoms with E-state index >= 15 is 0 Å². The average molecular weight is 289 g/mol. The van der Waals surface area contributed by atoms with Crippen molar-refractivity contribution >= 4 is 11.6 Å². The number of likely N-dealkylation sites (N-methyl/N-ethyl adjacent to an activating group) is 1. The van der Waals surface area contributed by atoms with Crippen LogP contribution in [0.5, 0.6) is 0 Å². The van der Waals surface area contributed by atoms with E-state index in [4.69, 9.17) is 10.7 Å². The van der Waals surface area contributed by atoms with Crippen LogP contribution in [0.3, 0.4) is 0 Å². The molecule has 2 unspecified atom stereocenters. The summed E-state index contributed by atoms with van der Waals surface area (Å²) < 4.78 is 0. The van der Waals surface area contributed by atoms with Crippen molar-refractivity contribution in [2.45, 2.75) is 58.0 Å². The van der Waals surface area contributed by atoms with Crippen molar-refractivity contribution in [1.29, 1.82) is 0 Å². The first-order valence-corrected chi connectivity index (χ1v) is 8.20. The van der Waals surface area contributed by atoms with Gasteiger partial charge < -0.3 is 10.6 Å². The zero-order chi connectivity index (χ0) is 15.0. The Labute approximate surface area is 127 Å². The summed E-state index contributed by atoms with van der Waals surface area (Å²) in [5.41, 5.74) is 7.15. The zero-order valence-corrected chi connectivity index (χ0v) is 13.5. The van der Waals surface area contributed by atoms with Crippen LogP contribution in [0.1, 0.15) is 44.0 Å². The van der Waals surface area contributed by atoms with Gasteiger partial charge in [0.1, 0.15) is 17.5 Å². The molecule has 5 heteroatoms. The minimum Gasteiger partial charge on any atom is -0.383 e. The number of aryl methyl sites for hydroxylation is 1. The van der Waals surface area contributed by atoms with Crippen molar-refractivity contribution in [2.24, 2.45) is 0 Å². The summed E-state index contributed by atoms with van der Waals surface area (Å²) in [5, 5.41) is 0. The van der Waals surface area contributed by atoms with Crippen molar-refractivity contribution in [2.75, 3.05) is 30.8 Å². The number of nitrogens with two attached hydrogens (primary N) is 1. The third kappa shape index (κ3) is 2.71. The number of fused-ring (bicyclic) bond motifs is 2.